The first kappa shape index (κ1) is 14.8. The monoisotopic (exact) mass is 280 g/mol. The smallest absolute Gasteiger partial charge is 0.0445 e. The lowest BCUT2D eigenvalue weighted by molar-refractivity contribution is 0.194. The molecule has 1 saturated heterocycles. The minimum atomic E-state index is 0.336. The number of hydrogen-bond donors (Lipinski definition) is 2. The molecule has 2 N–H and O–H groups in total. The summed E-state index contributed by atoms with van der Waals surface area (Å²) < 4.78 is 0. The average molecular weight is 280 g/mol. The van der Waals surface area contributed by atoms with Crippen LogP contribution in [0.25, 0.3) is 0 Å². The second-order valence-corrected chi connectivity index (χ2v) is 7.39. The molecule has 0 amide bonds. The zero-order valence-electron chi connectivity index (χ0n) is 13.1. The fourth-order valence-electron chi connectivity index (χ4n) is 4.53. The van der Waals surface area contributed by atoms with Gasteiger partial charge in [-0.3, -0.25) is 4.90 Å². The summed E-state index contributed by atoms with van der Waals surface area (Å²) in [5.74, 6) is 0.807. The van der Waals surface area contributed by atoms with Gasteiger partial charge in [0, 0.05) is 37.3 Å². The van der Waals surface area contributed by atoms with E-state index in [1.54, 1.807) is 0 Å². The number of likely N-dealkylation sites (tertiary alicyclic amines) is 1. The van der Waals surface area contributed by atoms with E-state index >= 15 is 0 Å². The van der Waals surface area contributed by atoms with Crippen LogP contribution in [0.4, 0.5) is 0 Å². The van der Waals surface area contributed by atoms with Crippen molar-refractivity contribution in [2.75, 3.05) is 13.2 Å². The fraction of sp³-hybridized carbons (Fsp3) is 1.00. The second kappa shape index (κ2) is 6.76. The zero-order chi connectivity index (χ0) is 13.9. The molecule has 3 atom stereocenters. The Morgan fingerprint density at radius 1 is 1.15 bits per heavy atom. The van der Waals surface area contributed by atoms with Crippen molar-refractivity contribution in [3.63, 3.8) is 0 Å². The van der Waals surface area contributed by atoms with Crippen LogP contribution in [0.3, 0.4) is 0 Å². The quantitative estimate of drug-likeness (QED) is 0.785. The number of aliphatic hydroxyl groups is 1. The van der Waals surface area contributed by atoms with Crippen molar-refractivity contribution in [1.29, 1.82) is 0 Å². The Kier molecular flexibility index (Phi) is 5.00. The van der Waals surface area contributed by atoms with Crippen LogP contribution >= 0.6 is 0 Å². The van der Waals surface area contributed by atoms with Crippen molar-refractivity contribution < 1.29 is 5.11 Å². The van der Waals surface area contributed by atoms with Gasteiger partial charge in [0.1, 0.15) is 0 Å². The number of rotatable bonds is 6. The number of nitrogens with zero attached hydrogens (tertiary/aromatic N) is 1. The summed E-state index contributed by atoms with van der Waals surface area (Å²) in [6.45, 7) is 3.96. The Morgan fingerprint density at radius 3 is 2.55 bits per heavy atom. The van der Waals surface area contributed by atoms with Gasteiger partial charge in [0.05, 0.1) is 0 Å². The summed E-state index contributed by atoms with van der Waals surface area (Å²) in [7, 11) is 0. The summed E-state index contributed by atoms with van der Waals surface area (Å²) in [6.07, 6.45) is 12.0. The van der Waals surface area contributed by atoms with E-state index < -0.39 is 0 Å². The first-order valence-corrected chi connectivity index (χ1v) is 8.90. The van der Waals surface area contributed by atoms with Gasteiger partial charge < -0.3 is 10.4 Å². The molecule has 3 rings (SSSR count). The molecule has 20 heavy (non-hydrogen) atoms. The predicted octanol–water partition coefficient (Wildman–Crippen LogP) is 2.53. The maximum absolute atomic E-state index is 9.39. The Hall–Kier alpha value is -0.120. The van der Waals surface area contributed by atoms with E-state index in [1.807, 2.05) is 0 Å². The molecule has 0 radical (unpaired) electrons. The molecule has 2 saturated carbocycles. The fourth-order valence-corrected chi connectivity index (χ4v) is 4.53. The van der Waals surface area contributed by atoms with E-state index in [9.17, 15) is 5.11 Å². The molecular weight excluding hydrogens is 248 g/mol. The Morgan fingerprint density at radius 2 is 1.90 bits per heavy atom. The van der Waals surface area contributed by atoms with Crippen LogP contribution in [0.1, 0.15) is 64.7 Å². The predicted molar refractivity (Wildman–Crippen MR) is 82.8 cm³/mol. The lowest BCUT2D eigenvalue weighted by atomic mass is 9.82. The molecule has 3 nitrogen and oxygen atoms in total. The standard InChI is InChI=1S/C17H32N2O/c1-13-11-15(12-19(13)16-7-8-16)18-17(9-10-20)14-5-3-2-4-6-14/h13-18,20H,2-12H2,1H3. The molecule has 2 aliphatic carbocycles. The number of aliphatic hydroxyl groups excluding tert-OH is 1. The second-order valence-electron chi connectivity index (χ2n) is 7.39. The van der Waals surface area contributed by atoms with Crippen LogP contribution in [0.15, 0.2) is 0 Å². The molecular formula is C17H32N2O. The maximum atomic E-state index is 9.39. The van der Waals surface area contributed by atoms with Crippen molar-refractivity contribution in [3.8, 4) is 0 Å². The third kappa shape index (κ3) is 3.55. The van der Waals surface area contributed by atoms with E-state index in [0.29, 0.717) is 18.7 Å². The molecule has 3 unspecified atom stereocenters. The van der Waals surface area contributed by atoms with Gasteiger partial charge in [0.25, 0.3) is 0 Å². The molecule has 116 valence electrons. The van der Waals surface area contributed by atoms with Crippen LogP contribution in [0.2, 0.25) is 0 Å². The highest BCUT2D eigenvalue weighted by molar-refractivity contribution is 4.97. The van der Waals surface area contributed by atoms with E-state index in [0.717, 1.165) is 24.4 Å². The molecule has 0 aromatic carbocycles. The van der Waals surface area contributed by atoms with Gasteiger partial charge in [-0.25, -0.2) is 0 Å². The summed E-state index contributed by atoms with van der Waals surface area (Å²) in [5, 5.41) is 13.3. The molecule has 0 aromatic heterocycles. The molecule has 3 fully saturated rings. The lowest BCUT2D eigenvalue weighted by Gasteiger charge is -2.33. The summed E-state index contributed by atoms with van der Waals surface area (Å²) in [4.78, 5) is 2.72. The molecule has 1 heterocycles. The van der Waals surface area contributed by atoms with Gasteiger partial charge in [-0.15, -0.1) is 0 Å². The topological polar surface area (TPSA) is 35.5 Å². The van der Waals surface area contributed by atoms with Crippen molar-refractivity contribution in [3.05, 3.63) is 0 Å². The van der Waals surface area contributed by atoms with Crippen molar-refractivity contribution >= 4 is 0 Å². The minimum Gasteiger partial charge on any atom is -0.396 e. The Labute approximate surface area is 124 Å². The van der Waals surface area contributed by atoms with Crippen LogP contribution in [-0.2, 0) is 0 Å². The molecule has 0 bridgehead atoms. The number of hydrogen-bond acceptors (Lipinski definition) is 3. The van der Waals surface area contributed by atoms with Crippen molar-refractivity contribution in [2.45, 2.75) is 88.9 Å². The minimum absolute atomic E-state index is 0.336. The van der Waals surface area contributed by atoms with Gasteiger partial charge in [0.15, 0.2) is 0 Å². The van der Waals surface area contributed by atoms with E-state index in [4.69, 9.17) is 0 Å². The Balaban J connectivity index is 1.53. The zero-order valence-corrected chi connectivity index (χ0v) is 13.1. The van der Waals surface area contributed by atoms with Gasteiger partial charge in [-0.1, -0.05) is 19.3 Å². The highest BCUT2D eigenvalue weighted by atomic mass is 16.3. The molecule has 0 spiro atoms. The lowest BCUT2D eigenvalue weighted by Crippen LogP contribution is -2.45. The summed E-state index contributed by atoms with van der Waals surface area (Å²) >= 11 is 0. The third-order valence-corrected chi connectivity index (χ3v) is 5.75. The summed E-state index contributed by atoms with van der Waals surface area (Å²) in [6, 6.07) is 2.85. The van der Waals surface area contributed by atoms with Gasteiger partial charge in [0.2, 0.25) is 0 Å². The SMILES string of the molecule is CC1CC(NC(CCO)C2CCCCC2)CN1C1CC1. The molecule has 3 aliphatic rings. The normalized spacial score (nSPS) is 34.5. The van der Waals surface area contributed by atoms with Crippen LogP contribution in [0.5, 0.6) is 0 Å². The van der Waals surface area contributed by atoms with Crippen LogP contribution < -0.4 is 5.32 Å². The van der Waals surface area contributed by atoms with Crippen molar-refractivity contribution in [1.82, 2.24) is 10.2 Å². The van der Waals surface area contributed by atoms with Crippen molar-refractivity contribution in [2.24, 2.45) is 5.92 Å². The average Bonchev–Trinajstić information content (AvgIpc) is 3.24. The van der Waals surface area contributed by atoms with E-state index in [2.05, 4.69) is 17.1 Å². The van der Waals surface area contributed by atoms with Crippen LogP contribution in [0, 0.1) is 5.92 Å². The molecule has 0 aromatic rings. The molecule has 1 aliphatic heterocycles. The van der Waals surface area contributed by atoms with Crippen LogP contribution in [-0.4, -0.2) is 47.3 Å². The van der Waals surface area contributed by atoms with Gasteiger partial charge in [-0.2, -0.15) is 0 Å². The largest absolute Gasteiger partial charge is 0.396 e. The van der Waals surface area contributed by atoms with Gasteiger partial charge in [-0.05, 0) is 51.4 Å². The third-order valence-electron chi connectivity index (χ3n) is 5.75. The van der Waals surface area contributed by atoms with E-state index in [-0.39, 0.29) is 0 Å². The summed E-state index contributed by atoms with van der Waals surface area (Å²) in [5.41, 5.74) is 0. The number of nitrogens with one attached hydrogen (secondary N) is 1. The first-order valence-electron chi connectivity index (χ1n) is 8.90. The Bertz CT molecular complexity index is 299. The highest BCUT2D eigenvalue weighted by Crippen LogP contribution is 2.34. The van der Waals surface area contributed by atoms with Gasteiger partial charge >= 0.3 is 0 Å². The van der Waals surface area contributed by atoms with E-state index in [1.165, 1.54) is 57.9 Å². The highest BCUT2D eigenvalue weighted by Gasteiger charge is 2.39. The first-order chi connectivity index (χ1) is 9.78. The maximum Gasteiger partial charge on any atom is 0.0445 e. The molecule has 3 heteroatoms.